The maximum absolute atomic E-state index is 12.1. The fraction of sp³-hybridized carbons (Fsp3) is 0.381. The molecule has 2 amide bonds. The van der Waals surface area contributed by atoms with Gasteiger partial charge in [-0.2, -0.15) is 0 Å². The summed E-state index contributed by atoms with van der Waals surface area (Å²) in [7, 11) is 1.58. The van der Waals surface area contributed by atoms with Crippen molar-refractivity contribution in [2.24, 2.45) is 0 Å². The van der Waals surface area contributed by atoms with Gasteiger partial charge >= 0.3 is 6.03 Å². The van der Waals surface area contributed by atoms with Gasteiger partial charge in [0.2, 0.25) is 0 Å². The van der Waals surface area contributed by atoms with E-state index >= 15 is 0 Å². The van der Waals surface area contributed by atoms with Crippen molar-refractivity contribution in [1.29, 1.82) is 0 Å². The number of hydrogen-bond donors (Lipinski definition) is 2. The van der Waals surface area contributed by atoms with Crippen LogP contribution >= 0.6 is 0 Å². The van der Waals surface area contributed by atoms with E-state index in [2.05, 4.69) is 10.6 Å². The topological polar surface area (TPSA) is 68.8 Å². The second-order valence-corrected chi connectivity index (χ2v) is 6.28. The van der Waals surface area contributed by atoms with Gasteiger partial charge in [-0.25, -0.2) is 4.79 Å². The molecule has 0 saturated carbocycles. The molecule has 2 rings (SSSR count). The van der Waals surface area contributed by atoms with E-state index in [1.807, 2.05) is 45.0 Å². The van der Waals surface area contributed by atoms with Crippen LogP contribution in [-0.4, -0.2) is 25.9 Å². The normalized spacial score (nSPS) is 10.6. The lowest BCUT2D eigenvalue weighted by Crippen LogP contribution is -2.28. The third-order valence-electron chi connectivity index (χ3n) is 3.78. The summed E-state index contributed by atoms with van der Waals surface area (Å²) in [5.41, 5.74) is 2.76. The lowest BCUT2D eigenvalue weighted by molar-refractivity contribution is 0.0657. The van der Waals surface area contributed by atoms with Crippen molar-refractivity contribution in [3.8, 4) is 11.5 Å². The van der Waals surface area contributed by atoms with E-state index < -0.39 is 0 Å². The maximum atomic E-state index is 12.1. The molecule has 0 radical (unpaired) electrons. The van der Waals surface area contributed by atoms with Gasteiger partial charge in [-0.05, 0) is 44.0 Å². The molecule has 6 nitrogen and oxygen atoms in total. The first-order valence-electron chi connectivity index (χ1n) is 9.07. The van der Waals surface area contributed by atoms with Crippen LogP contribution in [-0.2, 0) is 17.9 Å². The number of urea groups is 1. The minimum Gasteiger partial charge on any atom is -0.493 e. The summed E-state index contributed by atoms with van der Waals surface area (Å²) in [5.74, 6) is 1.22. The highest BCUT2D eigenvalue weighted by Crippen LogP contribution is 2.30. The highest BCUT2D eigenvalue weighted by molar-refractivity contribution is 5.89. The van der Waals surface area contributed by atoms with Crippen LogP contribution in [0.3, 0.4) is 0 Å². The monoisotopic (exact) mass is 372 g/mol. The Labute approximate surface area is 160 Å². The molecule has 0 aliphatic rings. The van der Waals surface area contributed by atoms with Gasteiger partial charge in [0, 0.05) is 18.3 Å². The van der Waals surface area contributed by atoms with E-state index in [0.717, 1.165) is 11.1 Å². The van der Waals surface area contributed by atoms with Crippen LogP contribution in [0.2, 0.25) is 0 Å². The minimum atomic E-state index is -0.283. The zero-order valence-electron chi connectivity index (χ0n) is 16.4. The maximum Gasteiger partial charge on any atom is 0.319 e. The Hall–Kier alpha value is -2.73. The summed E-state index contributed by atoms with van der Waals surface area (Å²) in [6, 6.07) is 13.0. The van der Waals surface area contributed by atoms with Crippen LogP contribution in [0, 0.1) is 0 Å². The standard InChI is InChI=1S/C21H28N2O4/c1-5-26-20-12-18(10-11-19(20)25-4)23-21(24)22-13-16-6-8-17(9-7-16)14-27-15(2)3/h6-12,15H,5,13-14H2,1-4H3,(H2,22,23,24). The van der Waals surface area contributed by atoms with E-state index in [1.165, 1.54) is 0 Å². The molecule has 0 unspecified atom stereocenters. The lowest BCUT2D eigenvalue weighted by Gasteiger charge is -2.12. The summed E-state index contributed by atoms with van der Waals surface area (Å²) in [6.45, 7) is 7.46. The number of ether oxygens (including phenoxy) is 3. The third kappa shape index (κ3) is 6.83. The molecule has 27 heavy (non-hydrogen) atoms. The Morgan fingerprint density at radius 2 is 1.74 bits per heavy atom. The SMILES string of the molecule is CCOc1cc(NC(=O)NCc2ccc(COC(C)C)cc2)ccc1OC. The molecule has 6 heteroatoms. The Bertz CT molecular complexity index is 729. The number of rotatable bonds is 9. The molecular weight excluding hydrogens is 344 g/mol. The predicted octanol–water partition coefficient (Wildman–Crippen LogP) is 4.34. The second-order valence-electron chi connectivity index (χ2n) is 6.28. The van der Waals surface area contributed by atoms with Crippen LogP contribution in [0.1, 0.15) is 31.9 Å². The van der Waals surface area contributed by atoms with Crippen LogP contribution in [0.25, 0.3) is 0 Å². The quantitative estimate of drug-likeness (QED) is 0.687. The van der Waals surface area contributed by atoms with Crippen molar-refractivity contribution in [3.05, 3.63) is 53.6 Å². The first-order valence-corrected chi connectivity index (χ1v) is 9.07. The number of nitrogens with one attached hydrogen (secondary N) is 2. The summed E-state index contributed by atoms with van der Waals surface area (Å²) < 4.78 is 16.3. The molecule has 0 aliphatic heterocycles. The van der Waals surface area contributed by atoms with Gasteiger partial charge < -0.3 is 24.8 Å². The van der Waals surface area contributed by atoms with E-state index in [9.17, 15) is 4.79 Å². The highest BCUT2D eigenvalue weighted by atomic mass is 16.5. The lowest BCUT2D eigenvalue weighted by atomic mass is 10.1. The molecule has 0 saturated heterocycles. The van der Waals surface area contributed by atoms with E-state index in [0.29, 0.717) is 36.9 Å². The van der Waals surface area contributed by atoms with Crippen molar-refractivity contribution in [3.63, 3.8) is 0 Å². The van der Waals surface area contributed by atoms with E-state index in [4.69, 9.17) is 14.2 Å². The molecule has 2 aromatic rings. The van der Waals surface area contributed by atoms with Gasteiger partial charge in [-0.15, -0.1) is 0 Å². The summed E-state index contributed by atoms with van der Waals surface area (Å²) in [4.78, 5) is 12.1. The van der Waals surface area contributed by atoms with Crippen molar-refractivity contribution >= 4 is 11.7 Å². The highest BCUT2D eigenvalue weighted by Gasteiger charge is 2.08. The number of benzene rings is 2. The van der Waals surface area contributed by atoms with Crippen LogP contribution < -0.4 is 20.1 Å². The molecule has 0 fully saturated rings. The molecular formula is C21H28N2O4. The van der Waals surface area contributed by atoms with Gasteiger partial charge in [-0.3, -0.25) is 0 Å². The average molecular weight is 372 g/mol. The first kappa shape index (κ1) is 20.6. The Balaban J connectivity index is 1.86. The van der Waals surface area contributed by atoms with Gasteiger partial charge in [0.15, 0.2) is 11.5 Å². The van der Waals surface area contributed by atoms with Crippen molar-refractivity contribution in [2.45, 2.75) is 40.0 Å². The van der Waals surface area contributed by atoms with Crippen LogP contribution in [0.5, 0.6) is 11.5 Å². The molecule has 0 spiro atoms. The molecule has 0 heterocycles. The zero-order valence-corrected chi connectivity index (χ0v) is 16.4. The summed E-state index contributed by atoms with van der Waals surface area (Å²) >= 11 is 0. The van der Waals surface area contributed by atoms with Gasteiger partial charge in [-0.1, -0.05) is 24.3 Å². The van der Waals surface area contributed by atoms with E-state index in [-0.39, 0.29) is 12.1 Å². The number of amides is 2. The second kappa shape index (κ2) is 10.4. The fourth-order valence-electron chi connectivity index (χ4n) is 2.40. The summed E-state index contributed by atoms with van der Waals surface area (Å²) in [5, 5.41) is 5.64. The number of hydrogen-bond acceptors (Lipinski definition) is 4. The van der Waals surface area contributed by atoms with Gasteiger partial charge in [0.25, 0.3) is 0 Å². The minimum absolute atomic E-state index is 0.205. The van der Waals surface area contributed by atoms with Crippen molar-refractivity contribution in [2.75, 3.05) is 19.0 Å². The number of carbonyl (C=O) groups excluding carboxylic acids is 1. The molecule has 146 valence electrons. The fourth-order valence-corrected chi connectivity index (χ4v) is 2.40. The Morgan fingerprint density at radius 3 is 2.37 bits per heavy atom. The zero-order chi connectivity index (χ0) is 19.6. The third-order valence-corrected chi connectivity index (χ3v) is 3.78. The van der Waals surface area contributed by atoms with Gasteiger partial charge in [0.05, 0.1) is 26.4 Å². The molecule has 2 aromatic carbocycles. The van der Waals surface area contributed by atoms with E-state index in [1.54, 1.807) is 25.3 Å². The molecule has 0 aliphatic carbocycles. The molecule has 0 aromatic heterocycles. The van der Waals surface area contributed by atoms with Crippen molar-refractivity contribution in [1.82, 2.24) is 5.32 Å². The Morgan fingerprint density at radius 1 is 1.04 bits per heavy atom. The predicted molar refractivity (Wildman–Crippen MR) is 106 cm³/mol. The number of methoxy groups -OCH3 is 1. The molecule has 0 atom stereocenters. The molecule has 0 bridgehead atoms. The number of anilines is 1. The largest absolute Gasteiger partial charge is 0.493 e. The smallest absolute Gasteiger partial charge is 0.319 e. The van der Waals surface area contributed by atoms with Crippen LogP contribution in [0.4, 0.5) is 10.5 Å². The number of carbonyl (C=O) groups is 1. The Kier molecular flexibility index (Phi) is 7.95. The van der Waals surface area contributed by atoms with Crippen molar-refractivity contribution < 1.29 is 19.0 Å². The molecule has 2 N–H and O–H groups in total. The first-order chi connectivity index (χ1) is 13.0. The summed E-state index contributed by atoms with van der Waals surface area (Å²) in [6.07, 6.45) is 0.205. The van der Waals surface area contributed by atoms with Gasteiger partial charge in [0.1, 0.15) is 0 Å². The average Bonchev–Trinajstić information content (AvgIpc) is 2.66. The van der Waals surface area contributed by atoms with Crippen LogP contribution in [0.15, 0.2) is 42.5 Å².